The van der Waals surface area contributed by atoms with E-state index in [0.29, 0.717) is 10.5 Å². The zero-order valence-electron chi connectivity index (χ0n) is 13.7. The van der Waals surface area contributed by atoms with Crippen LogP contribution in [0.2, 0.25) is 0 Å². The van der Waals surface area contributed by atoms with Crippen LogP contribution < -0.4 is 0 Å². The molecule has 1 aromatic carbocycles. The molecular formula is C18H26O2S2. The molecule has 1 aliphatic carbocycles. The van der Waals surface area contributed by atoms with Crippen molar-refractivity contribution in [3.05, 3.63) is 29.8 Å². The molecule has 1 saturated carbocycles. The van der Waals surface area contributed by atoms with Crippen LogP contribution in [0.5, 0.6) is 0 Å². The molecule has 1 fully saturated rings. The third kappa shape index (κ3) is 5.24. The number of carbonyl (C=O) groups is 1. The number of rotatable bonds is 5. The highest BCUT2D eigenvalue weighted by atomic mass is 32.2. The lowest BCUT2D eigenvalue weighted by Gasteiger charge is -2.30. The first-order valence-electron chi connectivity index (χ1n) is 7.97. The Morgan fingerprint density at radius 3 is 2.55 bits per heavy atom. The quantitative estimate of drug-likeness (QED) is 0.800. The van der Waals surface area contributed by atoms with Gasteiger partial charge in [0.05, 0.1) is 5.75 Å². The minimum atomic E-state index is -0.700. The van der Waals surface area contributed by atoms with Crippen molar-refractivity contribution in [3.63, 3.8) is 0 Å². The fraction of sp³-hybridized carbons (Fsp3) is 0.611. The minimum Gasteiger partial charge on any atom is -0.481 e. The van der Waals surface area contributed by atoms with Gasteiger partial charge >= 0.3 is 5.97 Å². The molecule has 122 valence electrons. The molecule has 22 heavy (non-hydrogen) atoms. The zero-order chi connectivity index (χ0) is 16.2. The lowest BCUT2D eigenvalue weighted by atomic mass is 9.87. The van der Waals surface area contributed by atoms with Crippen molar-refractivity contribution in [2.45, 2.75) is 67.3 Å². The van der Waals surface area contributed by atoms with E-state index in [4.69, 9.17) is 5.11 Å². The van der Waals surface area contributed by atoms with E-state index in [9.17, 15) is 4.79 Å². The topological polar surface area (TPSA) is 37.3 Å². The van der Waals surface area contributed by atoms with Gasteiger partial charge in [-0.25, -0.2) is 0 Å². The van der Waals surface area contributed by atoms with Crippen molar-refractivity contribution in [2.24, 2.45) is 0 Å². The van der Waals surface area contributed by atoms with E-state index in [0.717, 1.165) is 6.42 Å². The molecule has 1 N–H and O–H groups in total. The van der Waals surface area contributed by atoms with E-state index in [1.165, 1.54) is 29.7 Å². The standard InChI is InChI=1S/C18H26O2S2/c1-18(2,3)13-7-6-8-14(11-13)22-16-10-5-4-9-15(16)21-12-17(19)20/h6-8,11,15-16H,4-5,9-10,12H2,1-3H3,(H,19,20). The van der Waals surface area contributed by atoms with Gasteiger partial charge in [-0.2, -0.15) is 0 Å². The van der Waals surface area contributed by atoms with Gasteiger partial charge in [0.2, 0.25) is 0 Å². The molecule has 0 spiro atoms. The third-order valence-electron chi connectivity index (χ3n) is 4.05. The average Bonchev–Trinajstić information content (AvgIpc) is 2.46. The summed E-state index contributed by atoms with van der Waals surface area (Å²) < 4.78 is 0. The van der Waals surface area contributed by atoms with E-state index in [-0.39, 0.29) is 11.2 Å². The lowest BCUT2D eigenvalue weighted by molar-refractivity contribution is -0.133. The predicted octanol–water partition coefficient (Wildman–Crippen LogP) is 5.21. The molecule has 0 radical (unpaired) electrons. The summed E-state index contributed by atoms with van der Waals surface area (Å²) in [6.07, 6.45) is 4.84. The van der Waals surface area contributed by atoms with Gasteiger partial charge in [0.25, 0.3) is 0 Å². The number of thioether (sulfide) groups is 2. The molecule has 1 aliphatic rings. The molecule has 2 unspecified atom stereocenters. The molecule has 2 rings (SSSR count). The van der Waals surface area contributed by atoms with E-state index in [1.807, 2.05) is 11.8 Å². The summed E-state index contributed by atoms with van der Waals surface area (Å²) in [7, 11) is 0. The second kappa shape index (κ2) is 7.78. The maximum Gasteiger partial charge on any atom is 0.313 e. The van der Waals surface area contributed by atoms with Gasteiger partial charge < -0.3 is 5.11 Å². The summed E-state index contributed by atoms with van der Waals surface area (Å²) in [5.41, 5.74) is 1.53. The Balaban J connectivity index is 2.05. The average molecular weight is 339 g/mol. The van der Waals surface area contributed by atoms with Gasteiger partial charge in [0.1, 0.15) is 0 Å². The number of aliphatic carboxylic acids is 1. The summed E-state index contributed by atoms with van der Waals surface area (Å²) in [5.74, 6) is -0.474. The molecule has 0 amide bonds. The molecule has 2 atom stereocenters. The van der Waals surface area contributed by atoms with Crippen LogP contribution in [-0.2, 0) is 10.2 Å². The van der Waals surface area contributed by atoms with Crippen molar-refractivity contribution < 1.29 is 9.90 Å². The normalized spacial score (nSPS) is 22.5. The smallest absolute Gasteiger partial charge is 0.313 e. The molecule has 0 saturated heterocycles. The van der Waals surface area contributed by atoms with Crippen LogP contribution in [-0.4, -0.2) is 27.3 Å². The van der Waals surface area contributed by atoms with Crippen molar-refractivity contribution in [1.29, 1.82) is 0 Å². The summed E-state index contributed by atoms with van der Waals surface area (Å²) in [4.78, 5) is 12.2. The molecule has 0 heterocycles. The van der Waals surface area contributed by atoms with E-state index in [1.54, 1.807) is 11.8 Å². The van der Waals surface area contributed by atoms with E-state index < -0.39 is 5.97 Å². The number of carboxylic acids is 1. The first kappa shape index (κ1) is 17.7. The van der Waals surface area contributed by atoms with Crippen LogP contribution in [0.15, 0.2) is 29.2 Å². The fourth-order valence-electron chi connectivity index (χ4n) is 2.78. The summed E-state index contributed by atoms with van der Waals surface area (Å²) in [5, 5.41) is 9.92. The molecule has 0 aliphatic heterocycles. The van der Waals surface area contributed by atoms with Crippen molar-refractivity contribution in [1.82, 2.24) is 0 Å². The Hall–Kier alpha value is -0.610. The predicted molar refractivity (Wildman–Crippen MR) is 97.1 cm³/mol. The molecule has 2 nitrogen and oxygen atoms in total. The third-order valence-corrected chi connectivity index (χ3v) is 7.02. The van der Waals surface area contributed by atoms with Crippen LogP contribution in [0.4, 0.5) is 0 Å². The van der Waals surface area contributed by atoms with Crippen molar-refractivity contribution in [3.8, 4) is 0 Å². The maximum atomic E-state index is 10.8. The van der Waals surface area contributed by atoms with Crippen LogP contribution in [0.1, 0.15) is 52.0 Å². The van der Waals surface area contributed by atoms with Crippen LogP contribution in [0.25, 0.3) is 0 Å². The second-order valence-corrected chi connectivity index (χ2v) is 9.50. The molecule has 0 aromatic heterocycles. The molecular weight excluding hydrogens is 312 g/mol. The number of hydrogen-bond acceptors (Lipinski definition) is 3. The van der Waals surface area contributed by atoms with Crippen LogP contribution >= 0.6 is 23.5 Å². The minimum absolute atomic E-state index is 0.167. The van der Waals surface area contributed by atoms with Gasteiger partial charge in [0.15, 0.2) is 0 Å². The highest BCUT2D eigenvalue weighted by Gasteiger charge is 2.27. The number of benzene rings is 1. The SMILES string of the molecule is CC(C)(C)c1cccc(SC2CCCCC2SCC(=O)O)c1. The Bertz CT molecular complexity index is 508. The molecule has 1 aromatic rings. The van der Waals surface area contributed by atoms with Crippen molar-refractivity contribution in [2.75, 3.05) is 5.75 Å². The molecule has 4 heteroatoms. The fourth-order valence-corrected chi connectivity index (χ4v) is 5.49. The van der Waals surface area contributed by atoms with Crippen LogP contribution in [0, 0.1) is 0 Å². The highest BCUT2D eigenvalue weighted by Crippen LogP contribution is 2.40. The largest absolute Gasteiger partial charge is 0.481 e. The van der Waals surface area contributed by atoms with E-state index in [2.05, 4.69) is 45.0 Å². The summed E-state index contributed by atoms with van der Waals surface area (Å²) >= 11 is 3.56. The summed E-state index contributed by atoms with van der Waals surface area (Å²) in [6, 6.07) is 8.83. The second-order valence-electron chi connectivity index (χ2n) is 6.96. The van der Waals surface area contributed by atoms with Gasteiger partial charge in [-0.05, 0) is 36.0 Å². The van der Waals surface area contributed by atoms with Gasteiger partial charge in [-0.3, -0.25) is 4.79 Å². The maximum absolute atomic E-state index is 10.8. The Morgan fingerprint density at radius 2 is 1.91 bits per heavy atom. The zero-order valence-corrected chi connectivity index (χ0v) is 15.3. The Labute approximate surface area is 142 Å². The van der Waals surface area contributed by atoms with Crippen molar-refractivity contribution >= 4 is 29.5 Å². The van der Waals surface area contributed by atoms with E-state index >= 15 is 0 Å². The highest BCUT2D eigenvalue weighted by molar-refractivity contribution is 8.04. The first-order valence-corrected chi connectivity index (χ1v) is 9.90. The molecule has 0 bridgehead atoms. The van der Waals surface area contributed by atoms with Gasteiger partial charge in [0, 0.05) is 15.4 Å². The first-order chi connectivity index (χ1) is 10.4. The van der Waals surface area contributed by atoms with Gasteiger partial charge in [-0.15, -0.1) is 23.5 Å². The Kier molecular flexibility index (Phi) is 6.27. The summed E-state index contributed by atoms with van der Waals surface area (Å²) in [6.45, 7) is 6.72. The number of carboxylic acid groups (broad SMARTS) is 1. The monoisotopic (exact) mass is 338 g/mol. The van der Waals surface area contributed by atoms with Gasteiger partial charge in [-0.1, -0.05) is 45.7 Å². The Morgan fingerprint density at radius 1 is 1.23 bits per heavy atom. The number of hydrogen-bond donors (Lipinski definition) is 1. The van der Waals surface area contributed by atoms with Crippen LogP contribution in [0.3, 0.4) is 0 Å². The lowest BCUT2D eigenvalue weighted by Crippen LogP contribution is -2.25.